The number of nitrogens with zero attached hydrogens (tertiary/aromatic N) is 2. The standard InChI is InChI=1S/C38H32N2O4S/c1-24-10-5-6-12-33(24)40(34-13-7-8-15-36(34)45)35-14-9-11-30-31(27-20-28(42-2)22-29(21-27)43-3)23-32(39-37(30)35)25-16-18-26(19-17-25)38(41)44-4/h5-23,45H,1-4H3. The quantitative estimate of drug-likeness (QED) is 0.136. The van der Waals surface area contributed by atoms with Gasteiger partial charge < -0.3 is 19.1 Å². The summed E-state index contributed by atoms with van der Waals surface area (Å²) in [5.74, 6) is 0.971. The van der Waals surface area contributed by atoms with Crippen LogP contribution in [0.3, 0.4) is 0 Å². The number of carbonyl (C=O) groups is 1. The van der Waals surface area contributed by atoms with Crippen LogP contribution in [0, 0.1) is 6.92 Å². The van der Waals surface area contributed by atoms with Crippen LogP contribution in [0.4, 0.5) is 17.1 Å². The van der Waals surface area contributed by atoms with E-state index in [9.17, 15) is 4.79 Å². The van der Waals surface area contributed by atoms with Crippen LogP contribution in [0.25, 0.3) is 33.3 Å². The lowest BCUT2D eigenvalue weighted by atomic mass is 9.96. The number of ether oxygens (including phenoxy) is 3. The second kappa shape index (κ2) is 12.8. The second-order valence-corrected chi connectivity index (χ2v) is 11.0. The van der Waals surface area contributed by atoms with Crippen molar-refractivity contribution in [1.82, 2.24) is 4.98 Å². The van der Waals surface area contributed by atoms with Crippen LogP contribution in [0.15, 0.2) is 120 Å². The number of hydrogen-bond donors (Lipinski definition) is 1. The molecule has 0 radical (unpaired) electrons. The van der Waals surface area contributed by atoms with Crippen molar-refractivity contribution in [2.45, 2.75) is 11.8 Å². The highest BCUT2D eigenvalue weighted by atomic mass is 32.1. The van der Waals surface area contributed by atoms with Gasteiger partial charge in [0.15, 0.2) is 0 Å². The number of carbonyl (C=O) groups excluding carboxylic acids is 1. The van der Waals surface area contributed by atoms with E-state index >= 15 is 0 Å². The van der Waals surface area contributed by atoms with Crippen LogP contribution in [0.5, 0.6) is 11.5 Å². The molecular formula is C38H32N2O4S. The van der Waals surface area contributed by atoms with E-state index in [1.54, 1.807) is 26.4 Å². The molecule has 6 aromatic rings. The summed E-state index contributed by atoms with van der Waals surface area (Å²) < 4.78 is 16.2. The van der Waals surface area contributed by atoms with Gasteiger partial charge in [0.25, 0.3) is 0 Å². The molecule has 0 fully saturated rings. The zero-order valence-corrected chi connectivity index (χ0v) is 26.3. The normalized spacial score (nSPS) is 10.9. The Morgan fingerprint density at radius 1 is 0.689 bits per heavy atom. The number of esters is 1. The van der Waals surface area contributed by atoms with Crippen molar-refractivity contribution in [2.75, 3.05) is 26.2 Å². The first-order chi connectivity index (χ1) is 21.9. The maximum absolute atomic E-state index is 12.2. The fourth-order valence-corrected chi connectivity index (χ4v) is 5.78. The summed E-state index contributed by atoms with van der Waals surface area (Å²) in [6.07, 6.45) is 0. The van der Waals surface area contributed by atoms with Crippen LogP contribution >= 0.6 is 12.6 Å². The molecule has 1 aromatic heterocycles. The molecule has 0 unspecified atom stereocenters. The Balaban J connectivity index is 1.68. The minimum Gasteiger partial charge on any atom is -0.497 e. The zero-order chi connectivity index (χ0) is 31.5. The lowest BCUT2D eigenvalue weighted by Crippen LogP contribution is -2.13. The Morgan fingerprint density at radius 2 is 1.33 bits per heavy atom. The molecule has 0 saturated carbocycles. The third kappa shape index (κ3) is 5.82. The first-order valence-electron chi connectivity index (χ1n) is 14.4. The summed E-state index contributed by atoms with van der Waals surface area (Å²) in [4.78, 5) is 20.5. The summed E-state index contributed by atoms with van der Waals surface area (Å²) in [7, 11) is 4.66. The molecule has 0 aliphatic heterocycles. The number of rotatable bonds is 8. The topological polar surface area (TPSA) is 60.9 Å². The number of para-hydroxylation sites is 3. The van der Waals surface area contributed by atoms with Crippen molar-refractivity contribution < 1.29 is 19.0 Å². The van der Waals surface area contributed by atoms with Crippen molar-refractivity contribution >= 4 is 46.6 Å². The van der Waals surface area contributed by atoms with Crippen LogP contribution in [-0.4, -0.2) is 32.3 Å². The largest absolute Gasteiger partial charge is 0.497 e. The number of aromatic nitrogens is 1. The van der Waals surface area contributed by atoms with E-state index in [0.29, 0.717) is 17.1 Å². The fourth-order valence-electron chi connectivity index (χ4n) is 5.52. The maximum Gasteiger partial charge on any atom is 0.337 e. The number of benzene rings is 5. The number of anilines is 3. The van der Waals surface area contributed by atoms with Crippen molar-refractivity contribution in [3.63, 3.8) is 0 Å². The molecule has 224 valence electrons. The van der Waals surface area contributed by atoms with Gasteiger partial charge in [-0.2, -0.15) is 0 Å². The third-order valence-corrected chi connectivity index (χ3v) is 8.18. The summed E-state index contributed by atoms with van der Waals surface area (Å²) >= 11 is 4.87. The van der Waals surface area contributed by atoms with E-state index in [2.05, 4.69) is 54.3 Å². The lowest BCUT2D eigenvalue weighted by Gasteiger charge is -2.29. The number of thiol groups is 1. The van der Waals surface area contributed by atoms with Crippen LogP contribution in [-0.2, 0) is 4.74 Å². The molecule has 0 aliphatic carbocycles. The van der Waals surface area contributed by atoms with Gasteiger partial charge in [-0.15, -0.1) is 12.6 Å². The van der Waals surface area contributed by atoms with Gasteiger partial charge in [0.1, 0.15) is 11.5 Å². The molecule has 0 bridgehead atoms. The molecule has 6 nitrogen and oxygen atoms in total. The lowest BCUT2D eigenvalue weighted by molar-refractivity contribution is 0.0600. The Morgan fingerprint density at radius 3 is 1.98 bits per heavy atom. The Hall–Kier alpha value is -5.27. The van der Waals surface area contributed by atoms with E-state index in [0.717, 1.165) is 60.8 Å². The van der Waals surface area contributed by atoms with Gasteiger partial charge in [-0.25, -0.2) is 9.78 Å². The van der Waals surface area contributed by atoms with Crippen LogP contribution in [0.1, 0.15) is 15.9 Å². The van der Waals surface area contributed by atoms with Crippen molar-refractivity contribution in [3.8, 4) is 33.9 Å². The first-order valence-corrected chi connectivity index (χ1v) is 14.9. The molecule has 0 N–H and O–H groups in total. The van der Waals surface area contributed by atoms with Gasteiger partial charge in [-0.3, -0.25) is 0 Å². The number of aryl methyl sites for hydroxylation is 1. The molecule has 0 aliphatic rings. The van der Waals surface area contributed by atoms with Crippen molar-refractivity contribution in [2.24, 2.45) is 0 Å². The highest BCUT2D eigenvalue weighted by Gasteiger charge is 2.22. The van der Waals surface area contributed by atoms with Gasteiger partial charge in [0.05, 0.1) is 49.5 Å². The SMILES string of the molecule is COC(=O)c1ccc(-c2cc(-c3cc(OC)cc(OC)c3)c3cccc(N(c4ccccc4C)c4ccccc4S)c3n2)cc1. The smallest absolute Gasteiger partial charge is 0.337 e. The number of pyridine rings is 1. The summed E-state index contributed by atoms with van der Waals surface area (Å²) in [5.41, 5.74) is 8.69. The van der Waals surface area contributed by atoms with E-state index in [1.807, 2.05) is 60.7 Å². The number of methoxy groups -OCH3 is 3. The van der Waals surface area contributed by atoms with E-state index in [4.69, 9.17) is 31.8 Å². The fraction of sp³-hybridized carbons (Fsp3) is 0.105. The zero-order valence-electron chi connectivity index (χ0n) is 25.4. The minimum atomic E-state index is -0.390. The molecule has 5 aromatic carbocycles. The summed E-state index contributed by atoms with van der Waals surface area (Å²) in [6, 6.07) is 37.8. The van der Waals surface area contributed by atoms with Crippen molar-refractivity contribution in [3.05, 3.63) is 126 Å². The van der Waals surface area contributed by atoms with Crippen LogP contribution < -0.4 is 14.4 Å². The highest BCUT2D eigenvalue weighted by molar-refractivity contribution is 7.80. The minimum absolute atomic E-state index is 0.390. The van der Waals surface area contributed by atoms with E-state index in [-0.39, 0.29) is 0 Å². The van der Waals surface area contributed by atoms with E-state index in [1.165, 1.54) is 7.11 Å². The van der Waals surface area contributed by atoms with Gasteiger partial charge >= 0.3 is 5.97 Å². The number of hydrogen-bond acceptors (Lipinski definition) is 7. The molecule has 6 rings (SSSR count). The second-order valence-electron chi connectivity index (χ2n) is 10.5. The third-order valence-electron chi connectivity index (χ3n) is 7.80. The molecule has 45 heavy (non-hydrogen) atoms. The monoisotopic (exact) mass is 612 g/mol. The molecule has 1 heterocycles. The predicted molar refractivity (Wildman–Crippen MR) is 184 cm³/mol. The average Bonchev–Trinajstić information content (AvgIpc) is 3.09. The maximum atomic E-state index is 12.2. The molecule has 0 atom stereocenters. The van der Waals surface area contributed by atoms with Gasteiger partial charge in [-0.05, 0) is 78.2 Å². The van der Waals surface area contributed by atoms with Gasteiger partial charge in [0.2, 0.25) is 0 Å². The van der Waals surface area contributed by atoms with Crippen molar-refractivity contribution in [1.29, 1.82) is 0 Å². The molecule has 0 spiro atoms. The van der Waals surface area contributed by atoms with E-state index < -0.39 is 5.97 Å². The molecule has 0 saturated heterocycles. The Kier molecular flexibility index (Phi) is 8.45. The predicted octanol–water partition coefficient (Wildman–Crippen LogP) is 9.44. The average molecular weight is 613 g/mol. The molecule has 7 heteroatoms. The Labute approximate surface area is 268 Å². The molecule has 0 amide bonds. The summed E-state index contributed by atoms with van der Waals surface area (Å²) in [6.45, 7) is 2.10. The highest BCUT2D eigenvalue weighted by Crippen LogP contribution is 2.45. The summed E-state index contributed by atoms with van der Waals surface area (Å²) in [5, 5.41) is 0.952. The van der Waals surface area contributed by atoms with Gasteiger partial charge in [-0.1, -0.05) is 54.6 Å². The Bertz CT molecular complexity index is 1960. The molecular weight excluding hydrogens is 580 g/mol. The number of fused-ring (bicyclic) bond motifs is 1. The first kappa shape index (κ1) is 29.8. The van der Waals surface area contributed by atoms with Crippen LogP contribution in [0.2, 0.25) is 0 Å². The van der Waals surface area contributed by atoms with Gasteiger partial charge in [0, 0.05) is 27.6 Å².